The van der Waals surface area contributed by atoms with E-state index in [1.54, 1.807) is 12.4 Å². The summed E-state index contributed by atoms with van der Waals surface area (Å²) in [6, 6.07) is 0. The fourth-order valence-electron chi connectivity index (χ4n) is 0.808. The molecular formula is C8H13N3OS. The number of hydrogen-bond donors (Lipinski definition) is 2. The first-order valence-corrected chi connectivity index (χ1v) is 4.95. The maximum Gasteiger partial charge on any atom is 0.187 e. The number of nitrogens with zero attached hydrogens (tertiary/aromatic N) is 2. The largest absolute Gasteiger partial charge is 0.396 e. The van der Waals surface area contributed by atoms with Gasteiger partial charge in [-0.3, -0.25) is 0 Å². The second-order valence-corrected chi connectivity index (χ2v) is 4.15. The molecule has 1 aromatic heterocycles. The van der Waals surface area contributed by atoms with Gasteiger partial charge in [-0.25, -0.2) is 9.97 Å². The van der Waals surface area contributed by atoms with Crippen LogP contribution < -0.4 is 5.73 Å². The van der Waals surface area contributed by atoms with Crippen LogP contribution in [-0.4, -0.2) is 26.9 Å². The van der Waals surface area contributed by atoms with Crippen LogP contribution in [0.1, 0.15) is 13.3 Å². The van der Waals surface area contributed by atoms with E-state index in [0.717, 1.165) is 6.42 Å². The van der Waals surface area contributed by atoms with Gasteiger partial charge in [0.1, 0.15) is 0 Å². The lowest BCUT2D eigenvalue weighted by molar-refractivity contribution is 0.289. The highest BCUT2D eigenvalue weighted by molar-refractivity contribution is 7.99. The SMILES string of the molecule is CC(CCO)Sc1ncc(N)cn1. The molecule has 0 aliphatic carbocycles. The van der Waals surface area contributed by atoms with Gasteiger partial charge in [0.15, 0.2) is 5.16 Å². The summed E-state index contributed by atoms with van der Waals surface area (Å²) in [5.74, 6) is 0. The van der Waals surface area contributed by atoms with Crippen molar-refractivity contribution in [1.29, 1.82) is 0 Å². The molecule has 0 spiro atoms. The number of rotatable bonds is 4. The third-order valence-electron chi connectivity index (χ3n) is 1.49. The fourth-order valence-corrected chi connectivity index (χ4v) is 1.62. The molecule has 0 saturated heterocycles. The van der Waals surface area contributed by atoms with Gasteiger partial charge in [0.25, 0.3) is 0 Å². The van der Waals surface area contributed by atoms with Crippen LogP contribution in [0.4, 0.5) is 5.69 Å². The van der Waals surface area contributed by atoms with Crippen LogP contribution in [0.5, 0.6) is 0 Å². The van der Waals surface area contributed by atoms with Crippen molar-refractivity contribution in [3.8, 4) is 0 Å². The number of hydrogen-bond acceptors (Lipinski definition) is 5. The van der Waals surface area contributed by atoms with Crippen LogP contribution >= 0.6 is 11.8 Å². The van der Waals surface area contributed by atoms with Gasteiger partial charge < -0.3 is 10.8 Å². The van der Waals surface area contributed by atoms with E-state index in [1.807, 2.05) is 6.92 Å². The van der Waals surface area contributed by atoms with E-state index in [4.69, 9.17) is 10.8 Å². The van der Waals surface area contributed by atoms with E-state index in [1.165, 1.54) is 11.8 Å². The molecule has 72 valence electrons. The molecule has 0 saturated carbocycles. The minimum atomic E-state index is 0.198. The Labute approximate surface area is 81.6 Å². The van der Waals surface area contributed by atoms with Crippen molar-refractivity contribution >= 4 is 17.4 Å². The minimum Gasteiger partial charge on any atom is -0.396 e. The lowest BCUT2D eigenvalue weighted by Gasteiger charge is -2.06. The smallest absolute Gasteiger partial charge is 0.187 e. The molecule has 1 atom stereocenters. The van der Waals surface area contributed by atoms with Crippen molar-refractivity contribution in [1.82, 2.24) is 9.97 Å². The Hall–Kier alpha value is -0.810. The molecule has 0 amide bonds. The summed E-state index contributed by atoms with van der Waals surface area (Å²) in [4.78, 5) is 8.09. The highest BCUT2D eigenvalue weighted by atomic mass is 32.2. The predicted molar refractivity (Wildman–Crippen MR) is 53.5 cm³/mol. The topological polar surface area (TPSA) is 72.0 Å². The number of nitrogens with two attached hydrogens (primary N) is 1. The predicted octanol–water partition coefficient (Wildman–Crippen LogP) is 0.922. The quantitative estimate of drug-likeness (QED) is 0.557. The first kappa shape index (κ1) is 10.3. The Morgan fingerprint density at radius 3 is 2.69 bits per heavy atom. The lowest BCUT2D eigenvalue weighted by atomic mass is 10.3. The molecule has 1 rings (SSSR count). The van der Waals surface area contributed by atoms with Crippen LogP contribution in [0.25, 0.3) is 0 Å². The standard InChI is InChI=1S/C8H13N3OS/c1-6(2-3-12)13-8-10-4-7(9)5-11-8/h4-6,12H,2-3,9H2,1H3. The molecule has 0 aromatic carbocycles. The minimum absolute atomic E-state index is 0.198. The molecule has 0 bridgehead atoms. The molecule has 0 fully saturated rings. The molecule has 5 heteroatoms. The van der Waals surface area contributed by atoms with Gasteiger partial charge in [0, 0.05) is 11.9 Å². The van der Waals surface area contributed by atoms with Crippen molar-refractivity contribution < 1.29 is 5.11 Å². The average Bonchev–Trinajstić information content (AvgIpc) is 2.09. The van der Waals surface area contributed by atoms with Gasteiger partial charge in [-0.15, -0.1) is 0 Å². The number of aromatic nitrogens is 2. The van der Waals surface area contributed by atoms with Crippen molar-refractivity contribution in [2.75, 3.05) is 12.3 Å². The molecular weight excluding hydrogens is 186 g/mol. The molecule has 4 nitrogen and oxygen atoms in total. The van der Waals surface area contributed by atoms with Gasteiger partial charge in [-0.05, 0) is 6.42 Å². The molecule has 0 aliphatic rings. The van der Waals surface area contributed by atoms with E-state index in [9.17, 15) is 0 Å². The average molecular weight is 199 g/mol. The third kappa shape index (κ3) is 3.61. The van der Waals surface area contributed by atoms with Crippen LogP contribution in [0.3, 0.4) is 0 Å². The van der Waals surface area contributed by atoms with Crippen LogP contribution in [0, 0.1) is 0 Å². The Morgan fingerprint density at radius 1 is 1.54 bits per heavy atom. The van der Waals surface area contributed by atoms with Crippen molar-refractivity contribution in [3.05, 3.63) is 12.4 Å². The van der Waals surface area contributed by atoms with Crippen LogP contribution in [0.2, 0.25) is 0 Å². The van der Waals surface area contributed by atoms with Gasteiger partial charge in [0.05, 0.1) is 18.1 Å². The third-order valence-corrected chi connectivity index (χ3v) is 2.55. The van der Waals surface area contributed by atoms with Gasteiger partial charge in [0.2, 0.25) is 0 Å². The number of aliphatic hydroxyl groups excluding tert-OH is 1. The van der Waals surface area contributed by atoms with Gasteiger partial charge in [-0.1, -0.05) is 18.7 Å². The van der Waals surface area contributed by atoms with E-state index < -0.39 is 0 Å². The summed E-state index contributed by atoms with van der Waals surface area (Å²) in [6.07, 6.45) is 3.92. The van der Waals surface area contributed by atoms with E-state index >= 15 is 0 Å². The zero-order valence-electron chi connectivity index (χ0n) is 7.47. The summed E-state index contributed by atoms with van der Waals surface area (Å²) in [7, 11) is 0. The Kier molecular flexibility index (Phi) is 3.98. The summed E-state index contributed by atoms with van der Waals surface area (Å²) in [5, 5.41) is 9.72. The normalized spacial score (nSPS) is 12.8. The second-order valence-electron chi connectivity index (χ2n) is 2.74. The fraction of sp³-hybridized carbons (Fsp3) is 0.500. The Balaban J connectivity index is 2.49. The summed E-state index contributed by atoms with van der Waals surface area (Å²) in [6.45, 7) is 2.23. The molecule has 0 aliphatic heterocycles. The number of thioether (sulfide) groups is 1. The Morgan fingerprint density at radius 2 is 2.15 bits per heavy atom. The maximum atomic E-state index is 8.68. The lowest BCUT2D eigenvalue weighted by Crippen LogP contribution is -2.01. The second kappa shape index (κ2) is 5.04. The highest BCUT2D eigenvalue weighted by Crippen LogP contribution is 2.20. The number of anilines is 1. The van der Waals surface area contributed by atoms with Crippen LogP contribution in [0.15, 0.2) is 17.6 Å². The number of aliphatic hydroxyl groups is 1. The van der Waals surface area contributed by atoms with E-state index in [-0.39, 0.29) is 6.61 Å². The monoisotopic (exact) mass is 199 g/mol. The molecule has 1 heterocycles. The first-order chi connectivity index (χ1) is 6.22. The highest BCUT2D eigenvalue weighted by Gasteiger charge is 2.05. The van der Waals surface area contributed by atoms with Gasteiger partial charge in [-0.2, -0.15) is 0 Å². The van der Waals surface area contributed by atoms with Crippen LogP contribution in [-0.2, 0) is 0 Å². The zero-order valence-corrected chi connectivity index (χ0v) is 8.29. The van der Waals surface area contributed by atoms with E-state index in [0.29, 0.717) is 16.1 Å². The van der Waals surface area contributed by atoms with Gasteiger partial charge >= 0.3 is 0 Å². The summed E-state index contributed by atoms with van der Waals surface area (Å²) < 4.78 is 0. The zero-order chi connectivity index (χ0) is 9.68. The number of nitrogen functional groups attached to an aromatic ring is 1. The molecule has 3 N–H and O–H groups in total. The molecule has 1 aromatic rings. The van der Waals surface area contributed by atoms with Crippen molar-refractivity contribution in [2.24, 2.45) is 0 Å². The first-order valence-electron chi connectivity index (χ1n) is 4.07. The van der Waals surface area contributed by atoms with E-state index in [2.05, 4.69) is 9.97 Å². The molecule has 1 unspecified atom stereocenters. The molecule has 13 heavy (non-hydrogen) atoms. The maximum absolute atomic E-state index is 8.68. The Bertz CT molecular complexity index is 252. The summed E-state index contributed by atoms with van der Waals surface area (Å²) in [5.41, 5.74) is 6.01. The van der Waals surface area contributed by atoms with Crippen molar-refractivity contribution in [3.63, 3.8) is 0 Å². The molecule has 0 radical (unpaired) electrons. The summed E-state index contributed by atoms with van der Waals surface area (Å²) >= 11 is 1.54. The van der Waals surface area contributed by atoms with Crippen molar-refractivity contribution in [2.45, 2.75) is 23.8 Å².